The number of carbonyl (C=O) groups is 2. The molecule has 0 aromatic heterocycles. The third kappa shape index (κ3) is 3.28. The lowest BCUT2D eigenvalue weighted by Gasteiger charge is -2.10. The lowest BCUT2D eigenvalue weighted by molar-refractivity contribution is 0.0471. The Labute approximate surface area is 141 Å². The van der Waals surface area contributed by atoms with E-state index in [-0.39, 0.29) is 28.0 Å². The van der Waals surface area contributed by atoms with Crippen LogP contribution in [0.4, 0.5) is 4.39 Å². The van der Waals surface area contributed by atoms with Crippen molar-refractivity contribution in [1.82, 2.24) is 0 Å². The predicted octanol–water partition coefficient (Wildman–Crippen LogP) is 3.43. The molecule has 0 aliphatic heterocycles. The van der Waals surface area contributed by atoms with Crippen LogP contribution in [0.15, 0.2) is 54.6 Å². The Bertz CT molecular complexity index is 981. The monoisotopic (exact) mass is 340 g/mol. The third-order valence-corrected chi connectivity index (χ3v) is 3.70. The Kier molecular flexibility index (Phi) is 4.35. The molecule has 0 bridgehead atoms. The van der Waals surface area contributed by atoms with E-state index in [4.69, 9.17) is 4.74 Å². The molecule has 6 heteroatoms. The van der Waals surface area contributed by atoms with E-state index in [2.05, 4.69) is 0 Å². The van der Waals surface area contributed by atoms with Crippen LogP contribution < -0.4 is 0 Å². The Balaban J connectivity index is 1.81. The lowest BCUT2D eigenvalue weighted by Crippen LogP contribution is -2.14. The first kappa shape index (κ1) is 16.4. The van der Waals surface area contributed by atoms with E-state index in [0.29, 0.717) is 5.39 Å². The van der Waals surface area contributed by atoms with Gasteiger partial charge in [0.05, 0.1) is 0 Å². The van der Waals surface area contributed by atoms with Crippen LogP contribution in [-0.2, 0) is 4.74 Å². The lowest BCUT2D eigenvalue weighted by atomic mass is 10.0. The Morgan fingerprint density at radius 3 is 2.40 bits per heavy atom. The standard InChI is InChI=1S/C19H13FO5/c20-12-5-3-4-11(8-12)17(22)10-25-19(24)15-9-16(21)13-6-1-2-7-14(13)18(15)23/h1-9,21,23H,10H2. The number of carbonyl (C=O) groups excluding carboxylic acids is 2. The van der Waals surface area contributed by atoms with E-state index < -0.39 is 24.2 Å². The molecule has 0 amide bonds. The van der Waals surface area contributed by atoms with Crippen molar-refractivity contribution in [2.75, 3.05) is 6.61 Å². The summed E-state index contributed by atoms with van der Waals surface area (Å²) >= 11 is 0. The van der Waals surface area contributed by atoms with Crippen molar-refractivity contribution in [3.8, 4) is 11.5 Å². The summed E-state index contributed by atoms with van der Waals surface area (Å²) in [5.41, 5.74) is -0.193. The summed E-state index contributed by atoms with van der Waals surface area (Å²) in [5.74, 6) is -2.68. The van der Waals surface area contributed by atoms with Crippen LogP contribution in [-0.4, -0.2) is 28.6 Å². The topological polar surface area (TPSA) is 83.8 Å². The molecule has 25 heavy (non-hydrogen) atoms. The molecule has 0 radical (unpaired) electrons. The molecule has 3 aromatic rings. The number of fused-ring (bicyclic) bond motifs is 1. The highest BCUT2D eigenvalue weighted by atomic mass is 19.1. The number of aromatic hydroxyl groups is 2. The second-order valence-corrected chi connectivity index (χ2v) is 5.35. The number of Topliss-reactive ketones (excluding diaryl/α,β-unsaturated/α-hetero) is 1. The first-order chi connectivity index (χ1) is 12.0. The van der Waals surface area contributed by atoms with E-state index in [1.165, 1.54) is 18.2 Å². The summed E-state index contributed by atoms with van der Waals surface area (Å²) in [7, 11) is 0. The van der Waals surface area contributed by atoms with E-state index >= 15 is 0 Å². The van der Waals surface area contributed by atoms with Crippen LogP contribution in [0.1, 0.15) is 20.7 Å². The van der Waals surface area contributed by atoms with Gasteiger partial charge in [-0.1, -0.05) is 36.4 Å². The Morgan fingerprint density at radius 1 is 0.960 bits per heavy atom. The maximum absolute atomic E-state index is 13.1. The molecule has 0 atom stereocenters. The molecule has 2 N–H and O–H groups in total. The van der Waals surface area contributed by atoms with Crippen molar-refractivity contribution >= 4 is 22.5 Å². The number of esters is 1. The molecule has 5 nitrogen and oxygen atoms in total. The first-order valence-corrected chi connectivity index (χ1v) is 7.37. The number of hydrogen-bond acceptors (Lipinski definition) is 5. The SMILES string of the molecule is O=C(COC(=O)c1cc(O)c2ccccc2c1O)c1cccc(F)c1. The summed E-state index contributed by atoms with van der Waals surface area (Å²) in [6.07, 6.45) is 0. The van der Waals surface area contributed by atoms with Crippen molar-refractivity contribution in [1.29, 1.82) is 0 Å². The van der Waals surface area contributed by atoms with Crippen LogP contribution in [0.25, 0.3) is 10.8 Å². The van der Waals surface area contributed by atoms with Gasteiger partial charge in [0.15, 0.2) is 12.4 Å². The second-order valence-electron chi connectivity index (χ2n) is 5.35. The van der Waals surface area contributed by atoms with Crippen LogP contribution >= 0.6 is 0 Å². The van der Waals surface area contributed by atoms with Gasteiger partial charge in [-0.15, -0.1) is 0 Å². The van der Waals surface area contributed by atoms with E-state index in [9.17, 15) is 24.2 Å². The maximum atomic E-state index is 13.1. The second kappa shape index (κ2) is 6.60. The minimum atomic E-state index is -0.969. The predicted molar refractivity (Wildman–Crippen MR) is 88.3 cm³/mol. The Morgan fingerprint density at radius 2 is 1.68 bits per heavy atom. The Hall–Kier alpha value is -3.41. The number of ketones is 1. The molecule has 0 aliphatic rings. The van der Waals surface area contributed by atoms with Gasteiger partial charge in [-0.3, -0.25) is 4.79 Å². The highest BCUT2D eigenvalue weighted by Gasteiger charge is 2.19. The number of rotatable bonds is 4. The fourth-order valence-corrected chi connectivity index (χ4v) is 2.45. The summed E-state index contributed by atoms with van der Waals surface area (Å²) in [4.78, 5) is 24.1. The molecule has 0 aliphatic carbocycles. The molecular formula is C19H13FO5. The highest BCUT2D eigenvalue weighted by Crippen LogP contribution is 2.35. The van der Waals surface area contributed by atoms with Crippen molar-refractivity contribution in [3.05, 3.63) is 71.5 Å². The van der Waals surface area contributed by atoms with Gasteiger partial charge in [0, 0.05) is 16.3 Å². The quantitative estimate of drug-likeness (QED) is 0.432. The van der Waals surface area contributed by atoms with Gasteiger partial charge in [-0.05, 0) is 18.2 Å². The number of benzene rings is 3. The van der Waals surface area contributed by atoms with Gasteiger partial charge in [-0.25, -0.2) is 9.18 Å². The van der Waals surface area contributed by atoms with Crippen LogP contribution in [0.2, 0.25) is 0 Å². The van der Waals surface area contributed by atoms with Gasteiger partial charge in [0.1, 0.15) is 22.9 Å². The zero-order chi connectivity index (χ0) is 18.0. The minimum absolute atomic E-state index is 0.0679. The number of phenols is 2. The summed E-state index contributed by atoms with van der Waals surface area (Å²) in [6, 6.07) is 12.5. The molecule has 0 spiro atoms. The zero-order valence-electron chi connectivity index (χ0n) is 12.9. The molecule has 0 unspecified atom stereocenters. The fraction of sp³-hybridized carbons (Fsp3) is 0.0526. The van der Waals surface area contributed by atoms with Gasteiger partial charge >= 0.3 is 5.97 Å². The highest BCUT2D eigenvalue weighted by molar-refractivity contribution is 6.05. The zero-order valence-corrected chi connectivity index (χ0v) is 12.9. The van der Waals surface area contributed by atoms with E-state index in [1.54, 1.807) is 24.3 Å². The minimum Gasteiger partial charge on any atom is -0.507 e. The molecule has 0 fully saturated rings. The average molecular weight is 340 g/mol. The number of halogens is 1. The summed E-state index contributed by atoms with van der Waals surface area (Å²) in [6.45, 7) is -0.616. The smallest absolute Gasteiger partial charge is 0.342 e. The molecule has 0 heterocycles. The molecule has 0 saturated carbocycles. The van der Waals surface area contributed by atoms with Gasteiger partial charge in [0.2, 0.25) is 0 Å². The first-order valence-electron chi connectivity index (χ1n) is 7.37. The van der Waals surface area contributed by atoms with Crippen molar-refractivity contribution < 1.29 is 28.9 Å². The van der Waals surface area contributed by atoms with Crippen molar-refractivity contribution in [2.45, 2.75) is 0 Å². The third-order valence-electron chi connectivity index (χ3n) is 3.70. The van der Waals surface area contributed by atoms with Crippen LogP contribution in [0.3, 0.4) is 0 Å². The largest absolute Gasteiger partial charge is 0.507 e. The molecule has 3 rings (SSSR count). The fourth-order valence-electron chi connectivity index (χ4n) is 2.45. The number of hydrogen-bond donors (Lipinski definition) is 2. The summed E-state index contributed by atoms with van der Waals surface area (Å²) < 4.78 is 18.0. The number of phenolic OH excluding ortho intramolecular Hbond substituents is 2. The van der Waals surface area contributed by atoms with Gasteiger partial charge in [-0.2, -0.15) is 0 Å². The molecule has 3 aromatic carbocycles. The number of ether oxygens (including phenoxy) is 1. The molecule has 0 saturated heterocycles. The molecular weight excluding hydrogens is 327 g/mol. The van der Waals surface area contributed by atoms with Gasteiger partial charge in [0.25, 0.3) is 0 Å². The van der Waals surface area contributed by atoms with E-state index in [0.717, 1.165) is 12.1 Å². The van der Waals surface area contributed by atoms with Crippen LogP contribution in [0.5, 0.6) is 11.5 Å². The van der Waals surface area contributed by atoms with Crippen molar-refractivity contribution in [3.63, 3.8) is 0 Å². The van der Waals surface area contributed by atoms with Crippen molar-refractivity contribution in [2.24, 2.45) is 0 Å². The maximum Gasteiger partial charge on any atom is 0.342 e. The average Bonchev–Trinajstić information content (AvgIpc) is 2.62. The van der Waals surface area contributed by atoms with E-state index in [1.807, 2.05) is 0 Å². The normalized spacial score (nSPS) is 10.6. The summed E-state index contributed by atoms with van der Waals surface area (Å²) in [5, 5.41) is 20.9. The van der Waals surface area contributed by atoms with Crippen LogP contribution in [0, 0.1) is 5.82 Å². The van der Waals surface area contributed by atoms with Gasteiger partial charge < -0.3 is 14.9 Å². The molecule has 126 valence electrons.